The lowest BCUT2D eigenvalue weighted by atomic mass is 10.1. The lowest BCUT2D eigenvalue weighted by Crippen LogP contribution is -2.40. The van der Waals surface area contributed by atoms with Crippen LogP contribution in [0.4, 0.5) is 0 Å². The zero-order valence-electron chi connectivity index (χ0n) is 14.3. The van der Waals surface area contributed by atoms with Gasteiger partial charge in [-0.2, -0.15) is 0 Å². The standard InChI is InChI=1S/C18H27NO2Si/c1-18(2,3)22(4,5)21-14-16-13-20-17(19-16)12-11-15-9-7-6-8-10-15/h6-10,13H,11-12,14H2,1-5H3. The first kappa shape index (κ1) is 17.0. The van der Waals surface area contributed by atoms with Crippen molar-refractivity contribution < 1.29 is 8.84 Å². The Morgan fingerprint density at radius 3 is 2.41 bits per heavy atom. The first-order chi connectivity index (χ1) is 10.3. The molecule has 0 spiro atoms. The topological polar surface area (TPSA) is 35.3 Å². The molecular weight excluding hydrogens is 290 g/mol. The number of aryl methyl sites for hydroxylation is 2. The molecule has 0 saturated carbocycles. The van der Waals surface area contributed by atoms with E-state index < -0.39 is 8.32 Å². The van der Waals surface area contributed by atoms with Gasteiger partial charge in [0.25, 0.3) is 0 Å². The van der Waals surface area contributed by atoms with Crippen LogP contribution in [0.5, 0.6) is 0 Å². The Morgan fingerprint density at radius 2 is 1.77 bits per heavy atom. The van der Waals surface area contributed by atoms with Crippen LogP contribution in [0, 0.1) is 0 Å². The van der Waals surface area contributed by atoms with Crippen LogP contribution in [0.1, 0.15) is 37.9 Å². The van der Waals surface area contributed by atoms with Gasteiger partial charge < -0.3 is 8.84 Å². The van der Waals surface area contributed by atoms with Gasteiger partial charge in [0.2, 0.25) is 0 Å². The van der Waals surface area contributed by atoms with Crippen molar-refractivity contribution in [2.45, 2.75) is 58.4 Å². The molecule has 0 unspecified atom stereocenters. The number of hydrogen-bond donors (Lipinski definition) is 0. The molecule has 4 heteroatoms. The molecule has 0 saturated heterocycles. The lowest BCUT2D eigenvalue weighted by molar-refractivity contribution is 0.272. The fourth-order valence-corrected chi connectivity index (χ4v) is 2.84. The molecule has 1 heterocycles. The highest BCUT2D eigenvalue weighted by atomic mass is 28.4. The van der Waals surface area contributed by atoms with Crippen molar-refractivity contribution in [3.05, 3.63) is 53.7 Å². The fourth-order valence-electron chi connectivity index (χ4n) is 1.90. The monoisotopic (exact) mass is 317 g/mol. The maximum atomic E-state index is 6.17. The predicted molar refractivity (Wildman–Crippen MR) is 92.3 cm³/mol. The highest BCUT2D eigenvalue weighted by Crippen LogP contribution is 2.36. The van der Waals surface area contributed by atoms with Gasteiger partial charge >= 0.3 is 0 Å². The van der Waals surface area contributed by atoms with Crippen LogP contribution in [-0.4, -0.2) is 13.3 Å². The first-order valence-electron chi connectivity index (χ1n) is 7.89. The molecule has 120 valence electrons. The van der Waals surface area contributed by atoms with Crippen molar-refractivity contribution in [3.63, 3.8) is 0 Å². The summed E-state index contributed by atoms with van der Waals surface area (Å²) >= 11 is 0. The Labute approximate surface area is 134 Å². The maximum absolute atomic E-state index is 6.17. The van der Waals surface area contributed by atoms with Gasteiger partial charge in [-0.3, -0.25) is 0 Å². The Bertz CT molecular complexity index is 585. The van der Waals surface area contributed by atoms with E-state index in [1.807, 2.05) is 6.07 Å². The van der Waals surface area contributed by atoms with E-state index in [9.17, 15) is 0 Å². The molecule has 2 rings (SSSR count). The summed E-state index contributed by atoms with van der Waals surface area (Å²) in [5, 5.41) is 0.215. The van der Waals surface area contributed by atoms with Gasteiger partial charge in [0, 0.05) is 6.42 Å². The number of hydrogen-bond acceptors (Lipinski definition) is 3. The predicted octanol–water partition coefficient (Wildman–Crippen LogP) is 4.98. The molecule has 2 aromatic rings. The fraction of sp³-hybridized carbons (Fsp3) is 0.500. The van der Waals surface area contributed by atoms with Crippen molar-refractivity contribution in [3.8, 4) is 0 Å². The Balaban J connectivity index is 1.87. The third-order valence-electron chi connectivity index (χ3n) is 4.46. The van der Waals surface area contributed by atoms with Gasteiger partial charge in [-0.05, 0) is 30.1 Å². The van der Waals surface area contributed by atoms with E-state index in [2.05, 4.69) is 63.1 Å². The second-order valence-electron chi connectivity index (χ2n) is 7.27. The minimum atomic E-state index is -1.73. The smallest absolute Gasteiger partial charge is 0.194 e. The average molecular weight is 318 g/mol. The van der Waals surface area contributed by atoms with Gasteiger partial charge in [-0.15, -0.1) is 0 Å². The summed E-state index contributed by atoms with van der Waals surface area (Å²) in [4.78, 5) is 4.54. The van der Waals surface area contributed by atoms with Crippen molar-refractivity contribution in [1.29, 1.82) is 0 Å². The van der Waals surface area contributed by atoms with Crippen LogP contribution in [-0.2, 0) is 23.9 Å². The Hall–Kier alpha value is -1.39. The van der Waals surface area contributed by atoms with Crippen LogP contribution in [0.2, 0.25) is 18.1 Å². The maximum Gasteiger partial charge on any atom is 0.194 e. The van der Waals surface area contributed by atoms with E-state index in [0.29, 0.717) is 6.61 Å². The largest absolute Gasteiger partial charge is 0.449 e. The molecule has 0 radical (unpaired) electrons. The molecule has 0 N–H and O–H groups in total. The van der Waals surface area contributed by atoms with Gasteiger partial charge in [0.05, 0.1) is 6.61 Å². The Kier molecular flexibility index (Phi) is 5.24. The molecule has 3 nitrogen and oxygen atoms in total. The molecule has 0 amide bonds. The molecule has 22 heavy (non-hydrogen) atoms. The molecule has 0 fully saturated rings. The van der Waals surface area contributed by atoms with Crippen molar-refractivity contribution >= 4 is 8.32 Å². The van der Waals surface area contributed by atoms with Crippen LogP contribution >= 0.6 is 0 Å². The van der Waals surface area contributed by atoms with E-state index in [1.165, 1.54) is 5.56 Å². The minimum Gasteiger partial charge on any atom is -0.449 e. The van der Waals surface area contributed by atoms with Gasteiger partial charge in [-0.1, -0.05) is 51.1 Å². The highest BCUT2D eigenvalue weighted by molar-refractivity contribution is 6.74. The Morgan fingerprint density at radius 1 is 1.09 bits per heavy atom. The van der Waals surface area contributed by atoms with Crippen LogP contribution in [0.3, 0.4) is 0 Å². The summed E-state index contributed by atoms with van der Waals surface area (Å²) in [6.45, 7) is 11.8. The van der Waals surface area contributed by atoms with Crippen LogP contribution < -0.4 is 0 Å². The van der Waals surface area contributed by atoms with Crippen LogP contribution in [0.15, 0.2) is 41.0 Å². The van der Waals surface area contributed by atoms with Gasteiger partial charge in [-0.25, -0.2) is 4.98 Å². The van der Waals surface area contributed by atoms with E-state index in [-0.39, 0.29) is 5.04 Å². The SMILES string of the molecule is CC(C)(C)[Si](C)(C)OCc1coc(CCc2ccccc2)n1. The minimum absolute atomic E-state index is 0.215. The zero-order valence-corrected chi connectivity index (χ0v) is 15.3. The van der Waals surface area contributed by atoms with E-state index in [4.69, 9.17) is 8.84 Å². The second kappa shape index (κ2) is 6.80. The van der Waals surface area contributed by atoms with Crippen molar-refractivity contribution in [1.82, 2.24) is 4.98 Å². The molecule has 1 aromatic carbocycles. The number of nitrogens with zero attached hydrogens (tertiary/aromatic N) is 1. The summed E-state index contributed by atoms with van der Waals surface area (Å²) in [7, 11) is -1.73. The summed E-state index contributed by atoms with van der Waals surface area (Å²) < 4.78 is 11.7. The van der Waals surface area contributed by atoms with E-state index in [1.54, 1.807) is 6.26 Å². The number of oxazole rings is 1. The summed E-state index contributed by atoms with van der Waals surface area (Å²) in [6, 6.07) is 10.4. The van der Waals surface area contributed by atoms with Gasteiger partial charge in [0.1, 0.15) is 12.0 Å². The molecule has 1 aromatic heterocycles. The molecular formula is C18H27NO2Si. The first-order valence-corrected chi connectivity index (χ1v) is 10.8. The zero-order chi connectivity index (χ0) is 16.2. The lowest BCUT2D eigenvalue weighted by Gasteiger charge is -2.35. The second-order valence-corrected chi connectivity index (χ2v) is 12.1. The molecule has 0 aliphatic heterocycles. The summed E-state index contributed by atoms with van der Waals surface area (Å²) in [5.41, 5.74) is 2.20. The number of aromatic nitrogens is 1. The van der Waals surface area contributed by atoms with Gasteiger partial charge in [0.15, 0.2) is 14.2 Å². The average Bonchev–Trinajstić information content (AvgIpc) is 2.91. The molecule has 0 aliphatic carbocycles. The number of benzene rings is 1. The van der Waals surface area contributed by atoms with E-state index >= 15 is 0 Å². The van der Waals surface area contributed by atoms with E-state index in [0.717, 1.165) is 24.4 Å². The summed E-state index contributed by atoms with van der Waals surface area (Å²) in [6.07, 6.45) is 3.50. The molecule has 0 aliphatic rings. The van der Waals surface area contributed by atoms with Crippen molar-refractivity contribution in [2.24, 2.45) is 0 Å². The number of rotatable bonds is 6. The highest BCUT2D eigenvalue weighted by Gasteiger charge is 2.37. The molecule has 0 atom stereocenters. The van der Waals surface area contributed by atoms with Crippen molar-refractivity contribution in [2.75, 3.05) is 0 Å². The summed E-state index contributed by atoms with van der Waals surface area (Å²) in [5.74, 6) is 0.790. The normalized spacial score (nSPS) is 12.6. The van der Waals surface area contributed by atoms with Crippen LogP contribution in [0.25, 0.3) is 0 Å². The third-order valence-corrected chi connectivity index (χ3v) is 8.94. The quantitative estimate of drug-likeness (QED) is 0.705. The third kappa shape index (κ3) is 4.55. The molecule has 0 bridgehead atoms.